The minimum absolute atomic E-state index is 0.542. The van der Waals surface area contributed by atoms with Crippen molar-refractivity contribution in [3.8, 4) is 0 Å². The van der Waals surface area contributed by atoms with E-state index in [4.69, 9.17) is 0 Å². The molecule has 0 aromatic carbocycles. The summed E-state index contributed by atoms with van der Waals surface area (Å²) in [6.07, 6.45) is 2.90. The maximum atomic E-state index is 4.42. The third-order valence-electron chi connectivity index (χ3n) is 0.602. The Morgan fingerprint density at radius 1 is 1.75 bits per heavy atom. The fourth-order valence-electron chi connectivity index (χ4n) is 0.319. The molecule has 0 radical (unpaired) electrons. The molecular weight excluding hydrogens is 124 g/mol. The highest BCUT2D eigenvalue weighted by atomic mass is 32.1. The van der Waals surface area contributed by atoms with Crippen LogP contribution in [-0.2, 0) is 0 Å². The van der Waals surface area contributed by atoms with Crippen LogP contribution in [0.2, 0.25) is 0 Å². The first-order valence-electron chi connectivity index (χ1n) is 2.00. The molecule has 0 spiro atoms. The van der Waals surface area contributed by atoms with Crippen LogP contribution in [0.3, 0.4) is 0 Å². The van der Waals surface area contributed by atoms with Crippen molar-refractivity contribution in [3.63, 3.8) is 0 Å². The zero-order chi connectivity index (χ0) is 5.82. The van der Waals surface area contributed by atoms with Crippen LogP contribution in [0.25, 0.3) is 6.08 Å². The molecule has 1 rings (SSSR count). The molecule has 0 atom stereocenters. The van der Waals surface area contributed by atoms with Crippen molar-refractivity contribution >= 4 is 18.7 Å². The van der Waals surface area contributed by atoms with Crippen molar-refractivity contribution in [2.75, 3.05) is 0 Å². The average Bonchev–Trinajstić information content (AvgIpc) is 2.19. The van der Waals surface area contributed by atoms with Crippen LogP contribution in [-0.4, -0.2) is 10.1 Å². The van der Waals surface area contributed by atoms with Gasteiger partial charge in [-0.25, -0.2) is 0 Å². The van der Waals surface area contributed by atoms with Gasteiger partial charge in [0.1, 0.15) is 0 Å². The Morgan fingerprint density at radius 3 is 3.12 bits per heavy atom. The van der Waals surface area contributed by atoms with Gasteiger partial charge in [0.15, 0.2) is 5.82 Å². The van der Waals surface area contributed by atoms with Gasteiger partial charge in [0.2, 0.25) is 6.39 Å². The minimum atomic E-state index is 0.542. The SMILES string of the molecule is SC=Cc1ncon1. The zero-order valence-electron chi connectivity index (χ0n) is 3.98. The summed E-state index contributed by atoms with van der Waals surface area (Å²) in [7, 11) is 0. The van der Waals surface area contributed by atoms with E-state index in [0.717, 1.165) is 0 Å². The zero-order valence-corrected chi connectivity index (χ0v) is 4.88. The molecule has 0 saturated carbocycles. The molecule has 1 aromatic heterocycles. The normalized spacial score (nSPS) is 10.6. The summed E-state index contributed by atoms with van der Waals surface area (Å²) in [5.74, 6) is 0.542. The van der Waals surface area contributed by atoms with Gasteiger partial charge in [0.05, 0.1) is 0 Å². The molecule has 8 heavy (non-hydrogen) atoms. The molecule has 0 N–H and O–H groups in total. The van der Waals surface area contributed by atoms with Gasteiger partial charge in [-0.05, 0) is 11.5 Å². The number of thiol groups is 1. The maximum absolute atomic E-state index is 4.42. The van der Waals surface area contributed by atoms with Gasteiger partial charge in [-0.3, -0.25) is 0 Å². The van der Waals surface area contributed by atoms with E-state index in [9.17, 15) is 0 Å². The third-order valence-corrected chi connectivity index (χ3v) is 0.751. The predicted octanol–water partition coefficient (Wildman–Crippen LogP) is 0.970. The first kappa shape index (κ1) is 5.37. The van der Waals surface area contributed by atoms with Gasteiger partial charge in [0.25, 0.3) is 0 Å². The molecule has 0 aliphatic rings. The Labute approximate surface area is 51.8 Å². The lowest BCUT2D eigenvalue weighted by Crippen LogP contribution is -1.69. The van der Waals surface area contributed by atoms with Crippen LogP contribution in [0, 0.1) is 0 Å². The fourth-order valence-corrected chi connectivity index (χ4v) is 0.452. The number of hydrogen-bond acceptors (Lipinski definition) is 4. The molecule has 0 saturated heterocycles. The Bertz CT molecular complexity index is 170. The van der Waals surface area contributed by atoms with Gasteiger partial charge >= 0.3 is 0 Å². The topological polar surface area (TPSA) is 38.9 Å². The van der Waals surface area contributed by atoms with Crippen LogP contribution in [0.1, 0.15) is 5.82 Å². The van der Waals surface area contributed by atoms with Crippen LogP contribution in [0.4, 0.5) is 0 Å². The lowest BCUT2D eigenvalue weighted by atomic mass is 10.6. The van der Waals surface area contributed by atoms with Gasteiger partial charge in [-0.1, -0.05) is 5.16 Å². The minimum Gasteiger partial charge on any atom is -0.342 e. The van der Waals surface area contributed by atoms with Crippen LogP contribution in [0.15, 0.2) is 16.3 Å². The van der Waals surface area contributed by atoms with Gasteiger partial charge < -0.3 is 4.52 Å². The van der Waals surface area contributed by atoms with Gasteiger partial charge in [-0.15, -0.1) is 0 Å². The van der Waals surface area contributed by atoms with Crippen molar-refractivity contribution in [1.82, 2.24) is 10.1 Å². The summed E-state index contributed by atoms with van der Waals surface area (Å²) < 4.78 is 4.42. The second-order valence-corrected chi connectivity index (χ2v) is 1.40. The van der Waals surface area contributed by atoms with Crippen molar-refractivity contribution < 1.29 is 4.52 Å². The molecule has 3 nitrogen and oxygen atoms in total. The van der Waals surface area contributed by atoms with E-state index in [2.05, 4.69) is 27.3 Å². The lowest BCUT2D eigenvalue weighted by molar-refractivity contribution is 0.415. The molecule has 1 aromatic rings. The Balaban J connectivity index is 2.77. The van der Waals surface area contributed by atoms with E-state index in [1.165, 1.54) is 6.39 Å². The van der Waals surface area contributed by atoms with E-state index in [0.29, 0.717) is 5.82 Å². The number of nitrogens with zero attached hydrogens (tertiary/aromatic N) is 2. The van der Waals surface area contributed by atoms with E-state index < -0.39 is 0 Å². The third kappa shape index (κ3) is 1.10. The standard InChI is InChI=1S/C4H4N2OS/c8-2-1-4-5-3-7-6-4/h1-3,8H. The quantitative estimate of drug-likeness (QED) is 0.573. The summed E-state index contributed by atoms with van der Waals surface area (Å²) in [4.78, 5) is 3.69. The molecule has 0 aliphatic carbocycles. The van der Waals surface area contributed by atoms with Crippen molar-refractivity contribution in [1.29, 1.82) is 0 Å². The highest BCUT2D eigenvalue weighted by Gasteiger charge is 1.85. The van der Waals surface area contributed by atoms with Gasteiger partial charge in [0, 0.05) is 0 Å². The molecule has 0 bridgehead atoms. The molecule has 0 aliphatic heterocycles. The summed E-state index contributed by atoms with van der Waals surface area (Å²) in [5, 5.41) is 5.03. The molecule has 0 fully saturated rings. The summed E-state index contributed by atoms with van der Waals surface area (Å²) in [6.45, 7) is 0. The Kier molecular flexibility index (Phi) is 1.69. The second kappa shape index (κ2) is 2.52. The Morgan fingerprint density at radius 2 is 2.62 bits per heavy atom. The van der Waals surface area contributed by atoms with Crippen LogP contribution < -0.4 is 0 Å². The van der Waals surface area contributed by atoms with Crippen molar-refractivity contribution in [2.24, 2.45) is 0 Å². The smallest absolute Gasteiger partial charge is 0.214 e. The van der Waals surface area contributed by atoms with Crippen molar-refractivity contribution in [2.45, 2.75) is 0 Å². The van der Waals surface area contributed by atoms with E-state index in [-0.39, 0.29) is 0 Å². The predicted molar refractivity (Wildman–Crippen MR) is 32.3 cm³/mol. The first-order chi connectivity index (χ1) is 3.93. The number of rotatable bonds is 1. The molecule has 4 heteroatoms. The van der Waals surface area contributed by atoms with Crippen molar-refractivity contribution in [3.05, 3.63) is 17.6 Å². The molecule has 0 amide bonds. The van der Waals surface area contributed by atoms with E-state index >= 15 is 0 Å². The number of aromatic nitrogens is 2. The fraction of sp³-hybridized carbons (Fsp3) is 0. The summed E-state index contributed by atoms with van der Waals surface area (Å²) in [5.41, 5.74) is 0. The van der Waals surface area contributed by atoms with E-state index in [1.807, 2.05) is 0 Å². The lowest BCUT2D eigenvalue weighted by Gasteiger charge is -1.69. The van der Waals surface area contributed by atoms with Crippen LogP contribution >= 0.6 is 12.6 Å². The highest BCUT2D eigenvalue weighted by Crippen LogP contribution is 1.91. The Hall–Kier alpha value is -0.770. The highest BCUT2D eigenvalue weighted by molar-refractivity contribution is 7.83. The summed E-state index contributed by atoms with van der Waals surface area (Å²) in [6, 6.07) is 0. The molecule has 1 heterocycles. The van der Waals surface area contributed by atoms with E-state index in [1.54, 1.807) is 11.5 Å². The first-order valence-corrected chi connectivity index (χ1v) is 2.52. The second-order valence-electron chi connectivity index (χ2n) is 1.11. The molecular formula is C4H4N2OS. The van der Waals surface area contributed by atoms with Crippen LogP contribution in [0.5, 0.6) is 0 Å². The average molecular weight is 128 g/mol. The summed E-state index contributed by atoms with van der Waals surface area (Å²) >= 11 is 3.80. The van der Waals surface area contributed by atoms with Gasteiger partial charge in [-0.2, -0.15) is 17.6 Å². The number of hydrogen-bond donors (Lipinski definition) is 1. The largest absolute Gasteiger partial charge is 0.342 e. The molecule has 0 unspecified atom stereocenters. The maximum Gasteiger partial charge on any atom is 0.214 e. The monoisotopic (exact) mass is 128 g/mol. The molecule has 42 valence electrons.